The first-order valence-corrected chi connectivity index (χ1v) is 8.68. The number of carbonyl (C=O) groups excluding carboxylic acids is 1. The predicted molar refractivity (Wildman–Crippen MR) is 95.1 cm³/mol. The van der Waals surface area contributed by atoms with Crippen molar-refractivity contribution in [3.05, 3.63) is 29.3 Å². The zero-order valence-electron chi connectivity index (χ0n) is 15.2. The summed E-state index contributed by atoms with van der Waals surface area (Å²) in [5.74, 6) is 0.164. The lowest BCUT2D eigenvalue weighted by atomic mass is 10.1. The predicted octanol–water partition coefficient (Wildman–Crippen LogP) is 4.29. The topological polar surface area (TPSA) is 29.1 Å². The molecule has 0 fully saturated rings. The number of amides is 1. The Bertz CT molecular complexity index is 472. The molecule has 0 aliphatic rings. The van der Waals surface area contributed by atoms with E-state index in [2.05, 4.69) is 59.0 Å². The van der Waals surface area contributed by atoms with Crippen LogP contribution in [-0.2, 0) is 4.79 Å². The standard InChI is InChI=1S/C19H32N2O/c1-7-14-21(9-3,10-4)17(8-2)19(22)20-18-15(5)12-11-13-16(18)6/h11-13,17H,7-10,14H2,1-6H3/p+1. The number of quaternary nitrogens is 1. The summed E-state index contributed by atoms with van der Waals surface area (Å²) in [4.78, 5) is 13.0. The van der Waals surface area contributed by atoms with E-state index in [0.717, 1.165) is 53.8 Å². The first-order valence-electron chi connectivity index (χ1n) is 8.68. The molecule has 0 aromatic heterocycles. The van der Waals surface area contributed by atoms with E-state index in [-0.39, 0.29) is 11.9 Å². The molecule has 1 atom stereocenters. The van der Waals surface area contributed by atoms with Crippen LogP contribution < -0.4 is 5.32 Å². The molecule has 0 radical (unpaired) electrons. The van der Waals surface area contributed by atoms with Crippen molar-refractivity contribution in [3.63, 3.8) is 0 Å². The fourth-order valence-corrected chi connectivity index (χ4v) is 3.62. The van der Waals surface area contributed by atoms with Crippen molar-refractivity contribution in [2.75, 3.05) is 25.0 Å². The number of carbonyl (C=O) groups is 1. The zero-order valence-corrected chi connectivity index (χ0v) is 15.2. The molecule has 1 unspecified atom stereocenters. The van der Waals surface area contributed by atoms with Crippen molar-refractivity contribution in [1.29, 1.82) is 0 Å². The first kappa shape index (κ1) is 18.7. The maximum Gasteiger partial charge on any atom is 0.282 e. The van der Waals surface area contributed by atoms with E-state index < -0.39 is 0 Å². The maximum atomic E-state index is 13.0. The molecule has 124 valence electrons. The number of rotatable bonds is 8. The minimum Gasteiger partial charge on any atom is -0.320 e. The number of nitrogens with one attached hydrogen (secondary N) is 1. The van der Waals surface area contributed by atoms with E-state index >= 15 is 0 Å². The van der Waals surface area contributed by atoms with E-state index in [4.69, 9.17) is 0 Å². The Labute approximate surface area is 136 Å². The van der Waals surface area contributed by atoms with E-state index in [0.29, 0.717) is 0 Å². The number of benzene rings is 1. The molecule has 1 N–H and O–H groups in total. The largest absolute Gasteiger partial charge is 0.320 e. The fraction of sp³-hybridized carbons (Fsp3) is 0.632. The van der Waals surface area contributed by atoms with Crippen LogP contribution in [0.25, 0.3) is 0 Å². The van der Waals surface area contributed by atoms with Gasteiger partial charge in [-0.05, 0) is 45.2 Å². The minimum absolute atomic E-state index is 0.0222. The third-order valence-corrected chi connectivity index (χ3v) is 5.01. The van der Waals surface area contributed by atoms with Gasteiger partial charge in [-0.25, -0.2) is 0 Å². The average molecular weight is 305 g/mol. The van der Waals surface area contributed by atoms with Gasteiger partial charge in [-0.3, -0.25) is 4.79 Å². The van der Waals surface area contributed by atoms with Crippen LogP contribution in [0.5, 0.6) is 0 Å². The number of hydrogen-bond donors (Lipinski definition) is 1. The average Bonchev–Trinajstić information content (AvgIpc) is 2.50. The lowest BCUT2D eigenvalue weighted by Crippen LogP contribution is -2.60. The molecule has 0 saturated heterocycles. The summed E-state index contributed by atoms with van der Waals surface area (Å²) in [5.41, 5.74) is 3.24. The smallest absolute Gasteiger partial charge is 0.282 e. The highest BCUT2D eigenvalue weighted by Crippen LogP contribution is 2.23. The van der Waals surface area contributed by atoms with E-state index in [1.807, 2.05) is 6.07 Å². The molecule has 22 heavy (non-hydrogen) atoms. The summed E-state index contributed by atoms with van der Waals surface area (Å²) < 4.78 is 0.879. The third kappa shape index (κ3) is 3.89. The van der Waals surface area contributed by atoms with Gasteiger partial charge < -0.3 is 9.80 Å². The maximum absolute atomic E-state index is 13.0. The summed E-state index contributed by atoms with van der Waals surface area (Å²) in [7, 11) is 0. The lowest BCUT2D eigenvalue weighted by molar-refractivity contribution is -0.939. The number of aryl methyl sites for hydroxylation is 2. The molecule has 0 heterocycles. The van der Waals surface area contributed by atoms with E-state index in [1.165, 1.54) is 0 Å². The molecule has 1 aromatic carbocycles. The highest BCUT2D eigenvalue weighted by atomic mass is 16.2. The number of anilines is 1. The molecule has 1 rings (SSSR count). The number of nitrogens with zero attached hydrogens (tertiary/aromatic N) is 1. The Morgan fingerprint density at radius 3 is 2.05 bits per heavy atom. The molecule has 0 saturated carbocycles. The molecule has 3 nitrogen and oxygen atoms in total. The Hall–Kier alpha value is -1.35. The van der Waals surface area contributed by atoms with Crippen LogP contribution in [0.1, 0.15) is 51.7 Å². The highest BCUT2D eigenvalue weighted by molar-refractivity contribution is 5.95. The second kappa shape index (κ2) is 8.33. The van der Waals surface area contributed by atoms with Gasteiger partial charge in [0, 0.05) is 12.1 Å². The van der Waals surface area contributed by atoms with E-state index in [1.54, 1.807) is 0 Å². The van der Waals surface area contributed by atoms with Crippen molar-refractivity contribution >= 4 is 11.6 Å². The SMILES string of the molecule is CCC[N+](CC)(CC)C(CC)C(=O)Nc1c(C)cccc1C. The molecule has 0 spiro atoms. The molecule has 0 aliphatic carbocycles. The van der Waals surface area contributed by atoms with Crippen LogP contribution in [0.3, 0.4) is 0 Å². The molecule has 1 amide bonds. The van der Waals surface area contributed by atoms with Gasteiger partial charge in [0.1, 0.15) is 0 Å². The summed E-state index contributed by atoms with van der Waals surface area (Å²) in [6, 6.07) is 6.16. The van der Waals surface area contributed by atoms with Gasteiger partial charge >= 0.3 is 0 Å². The molecule has 0 bridgehead atoms. The second-order valence-corrected chi connectivity index (χ2v) is 6.25. The van der Waals surface area contributed by atoms with Crippen molar-refractivity contribution < 1.29 is 9.28 Å². The fourth-order valence-electron chi connectivity index (χ4n) is 3.62. The summed E-state index contributed by atoms with van der Waals surface area (Å²) >= 11 is 0. The lowest BCUT2D eigenvalue weighted by Gasteiger charge is -2.42. The Morgan fingerprint density at radius 2 is 1.64 bits per heavy atom. The quantitative estimate of drug-likeness (QED) is 0.713. The first-order chi connectivity index (χ1) is 10.5. The van der Waals surface area contributed by atoms with Crippen molar-refractivity contribution in [3.8, 4) is 0 Å². The van der Waals surface area contributed by atoms with Crippen molar-refractivity contribution in [2.45, 2.75) is 60.4 Å². The Kier molecular flexibility index (Phi) is 7.08. The normalized spacial score (nSPS) is 13.0. The van der Waals surface area contributed by atoms with Crippen molar-refractivity contribution in [1.82, 2.24) is 0 Å². The van der Waals surface area contributed by atoms with Crippen LogP contribution in [-0.4, -0.2) is 36.1 Å². The van der Waals surface area contributed by atoms with E-state index in [9.17, 15) is 4.79 Å². The van der Waals surface area contributed by atoms with Gasteiger partial charge in [0.15, 0.2) is 6.04 Å². The van der Waals surface area contributed by atoms with Gasteiger partial charge in [-0.15, -0.1) is 0 Å². The van der Waals surface area contributed by atoms with Crippen LogP contribution in [0, 0.1) is 13.8 Å². The summed E-state index contributed by atoms with van der Waals surface area (Å²) in [6.07, 6.45) is 1.98. The summed E-state index contributed by atoms with van der Waals surface area (Å²) in [6.45, 7) is 15.9. The number of likely N-dealkylation sites (N-methyl/N-ethyl adjacent to an activating group) is 1. The third-order valence-electron chi connectivity index (χ3n) is 5.01. The zero-order chi connectivity index (χ0) is 16.8. The van der Waals surface area contributed by atoms with Crippen LogP contribution in [0.15, 0.2) is 18.2 Å². The molecular formula is C19H33N2O+. The number of hydrogen-bond acceptors (Lipinski definition) is 1. The van der Waals surface area contributed by atoms with Gasteiger partial charge in [0.2, 0.25) is 0 Å². The molecule has 0 aliphatic heterocycles. The van der Waals surface area contributed by atoms with Gasteiger partial charge in [-0.1, -0.05) is 32.0 Å². The van der Waals surface area contributed by atoms with Crippen LogP contribution in [0.2, 0.25) is 0 Å². The molecule has 3 heteroatoms. The van der Waals surface area contributed by atoms with Crippen LogP contribution >= 0.6 is 0 Å². The Morgan fingerprint density at radius 1 is 1.09 bits per heavy atom. The molecule has 1 aromatic rings. The van der Waals surface area contributed by atoms with Gasteiger partial charge in [0.25, 0.3) is 5.91 Å². The summed E-state index contributed by atoms with van der Waals surface area (Å²) in [5, 5.41) is 3.21. The monoisotopic (exact) mass is 305 g/mol. The second-order valence-electron chi connectivity index (χ2n) is 6.25. The van der Waals surface area contributed by atoms with Gasteiger partial charge in [0.05, 0.1) is 19.6 Å². The Balaban J connectivity index is 3.06. The molecular weight excluding hydrogens is 272 g/mol. The minimum atomic E-state index is 0.0222. The highest BCUT2D eigenvalue weighted by Gasteiger charge is 2.37. The van der Waals surface area contributed by atoms with Gasteiger partial charge in [-0.2, -0.15) is 0 Å². The van der Waals surface area contributed by atoms with Crippen LogP contribution in [0.4, 0.5) is 5.69 Å². The van der Waals surface area contributed by atoms with Crippen molar-refractivity contribution in [2.24, 2.45) is 0 Å². The number of para-hydroxylation sites is 1.